The maximum Gasteiger partial charge on any atom is 0.234 e. The van der Waals surface area contributed by atoms with Gasteiger partial charge in [-0.15, -0.1) is 16.8 Å². The second kappa shape index (κ2) is 8.55. The zero-order chi connectivity index (χ0) is 19.2. The van der Waals surface area contributed by atoms with Crippen molar-refractivity contribution in [2.45, 2.75) is 18.6 Å². The Morgan fingerprint density at radius 1 is 1.26 bits per heavy atom. The fraction of sp³-hybridized carbons (Fsp3) is 0.150. The molecule has 0 aliphatic rings. The average molecular weight is 380 g/mol. The molecule has 0 aliphatic heterocycles. The smallest absolute Gasteiger partial charge is 0.234 e. The molecule has 0 saturated carbocycles. The van der Waals surface area contributed by atoms with Crippen molar-refractivity contribution < 1.29 is 9.90 Å². The third kappa shape index (κ3) is 4.77. The standard InChI is InChI=1S/C20H20N4O2S/c1-3-10-24-19(15-7-4-6-14(2)11-15)22-23-20(24)27-13-18(26)21-16-8-5-9-17(25)12-16/h3-9,11-12,25H,1,10,13H2,2H3,(H,21,26). The summed E-state index contributed by atoms with van der Waals surface area (Å²) in [6.07, 6.45) is 1.78. The van der Waals surface area contributed by atoms with Gasteiger partial charge >= 0.3 is 0 Å². The van der Waals surface area contributed by atoms with Crippen LogP contribution in [0.1, 0.15) is 5.56 Å². The van der Waals surface area contributed by atoms with Crippen LogP contribution >= 0.6 is 11.8 Å². The van der Waals surface area contributed by atoms with E-state index in [1.165, 1.54) is 17.8 Å². The van der Waals surface area contributed by atoms with Crippen molar-refractivity contribution in [2.24, 2.45) is 0 Å². The van der Waals surface area contributed by atoms with Gasteiger partial charge in [0.2, 0.25) is 5.91 Å². The van der Waals surface area contributed by atoms with Gasteiger partial charge in [-0.2, -0.15) is 0 Å². The van der Waals surface area contributed by atoms with E-state index in [2.05, 4.69) is 22.1 Å². The summed E-state index contributed by atoms with van der Waals surface area (Å²) in [5.74, 6) is 0.845. The largest absolute Gasteiger partial charge is 0.508 e. The molecule has 1 aromatic heterocycles. The molecule has 2 N–H and O–H groups in total. The number of carbonyl (C=O) groups excluding carboxylic acids is 1. The number of carbonyl (C=O) groups is 1. The van der Waals surface area contributed by atoms with Crippen molar-refractivity contribution in [3.63, 3.8) is 0 Å². The maximum atomic E-state index is 12.2. The Morgan fingerprint density at radius 3 is 2.81 bits per heavy atom. The van der Waals surface area contributed by atoms with E-state index in [-0.39, 0.29) is 17.4 Å². The summed E-state index contributed by atoms with van der Waals surface area (Å²) in [5.41, 5.74) is 2.66. The summed E-state index contributed by atoms with van der Waals surface area (Å²) in [6.45, 7) is 6.37. The molecule has 0 unspecified atom stereocenters. The molecule has 138 valence electrons. The Kier molecular flexibility index (Phi) is 5.93. The monoisotopic (exact) mass is 380 g/mol. The molecule has 7 heteroatoms. The third-order valence-corrected chi connectivity index (χ3v) is 4.73. The van der Waals surface area contributed by atoms with E-state index in [0.29, 0.717) is 17.4 Å². The van der Waals surface area contributed by atoms with E-state index >= 15 is 0 Å². The molecule has 3 aromatic rings. The zero-order valence-corrected chi connectivity index (χ0v) is 15.7. The van der Waals surface area contributed by atoms with Crippen molar-refractivity contribution in [1.29, 1.82) is 0 Å². The average Bonchev–Trinajstić information content (AvgIpc) is 3.03. The molecule has 2 aromatic carbocycles. The van der Waals surface area contributed by atoms with Gasteiger partial charge in [0.1, 0.15) is 5.75 Å². The molecule has 0 radical (unpaired) electrons. The van der Waals surface area contributed by atoms with Gasteiger partial charge < -0.3 is 10.4 Å². The topological polar surface area (TPSA) is 80.0 Å². The highest BCUT2D eigenvalue weighted by Gasteiger charge is 2.15. The number of phenolic OH excluding ortho intramolecular Hbond substituents is 1. The molecule has 6 nitrogen and oxygen atoms in total. The quantitative estimate of drug-likeness (QED) is 0.480. The zero-order valence-electron chi connectivity index (χ0n) is 14.9. The SMILES string of the molecule is C=CCn1c(SCC(=O)Nc2cccc(O)c2)nnc1-c1cccc(C)c1. The normalized spacial score (nSPS) is 10.6. The molecule has 0 fully saturated rings. The lowest BCUT2D eigenvalue weighted by Gasteiger charge is -2.09. The van der Waals surface area contributed by atoms with Gasteiger partial charge in [-0.1, -0.05) is 47.7 Å². The number of anilines is 1. The molecule has 0 spiro atoms. The number of nitrogens with one attached hydrogen (secondary N) is 1. The first-order chi connectivity index (χ1) is 13.1. The maximum absolute atomic E-state index is 12.2. The van der Waals surface area contributed by atoms with Crippen LogP contribution in [-0.4, -0.2) is 31.5 Å². The number of phenols is 1. The number of benzene rings is 2. The first-order valence-corrected chi connectivity index (χ1v) is 9.38. The summed E-state index contributed by atoms with van der Waals surface area (Å²) < 4.78 is 1.94. The highest BCUT2D eigenvalue weighted by atomic mass is 32.2. The lowest BCUT2D eigenvalue weighted by Crippen LogP contribution is -2.14. The number of aryl methyl sites for hydroxylation is 1. The number of nitrogens with zero attached hydrogens (tertiary/aromatic N) is 3. The summed E-state index contributed by atoms with van der Waals surface area (Å²) in [5, 5.41) is 21.4. The molecule has 3 rings (SSSR count). The fourth-order valence-corrected chi connectivity index (χ4v) is 3.35. The van der Waals surface area contributed by atoms with Gasteiger partial charge in [0, 0.05) is 23.9 Å². The van der Waals surface area contributed by atoms with Crippen molar-refractivity contribution >= 4 is 23.4 Å². The van der Waals surface area contributed by atoms with Crippen molar-refractivity contribution in [1.82, 2.24) is 14.8 Å². The Bertz CT molecular complexity index is 968. The van der Waals surface area contributed by atoms with Crippen LogP contribution < -0.4 is 5.32 Å². The molecule has 0 atom stereocenters. The Balaban J connectivity index is 1.73. The van der Waals surface area contributed by atoms with Crippen LogP contribution in [0.4, 0.5) is 5.69 Å². The number of amides is 1. The number of hydrogen-bond donors (Lipinski definition) is 2. The van der Waals surface area contributed by atoms with Crippen molar-refractivity contribution in [3.8, 4) is 17.1 Å². The second-order valence-corrected chi connectivity index (χ2v) is 6.90. The fourth-order valence-electron chi connectivity index (χ4n) is 2.60. The van der Waals surface area contributed by atoms with Gasteiger partial charge in [-0.3, -0.25) is 9.36 Å². The van der Waals surface area contributed by atoms with Crippen LogP contribution in [0.25, 0.3) is 11.4 Å². The minimum atomic E-state index is -0.184. The lowest BCUT2D eigenvalue weighted by molar-refractivity contribution is -0.113. The van der Waals surface area contributed by atoms with E-state index < -0.39 is 0 Å². The Labute approximate surface area is 162 Å². The predicted octanol–water partition coefficient (Wildman–Crippen LogP) is 3.88. The Morgan fingerprint density at radius 2 is 2.07 bits per heavy atom. The number of rotatable bonds is 7. The minimum Gasteiger partial charge on any atom is -0.508 e. The van der Waals surface area contributed by atoms with Crippen LogP contribution in [-0.2, 0) is 11.3 Å². The summed E-state index contributed by atoms with van der Waals surface area (Å²) in [7, 11) is 0. The number of aromatic hydroxyl groups is 1. The van der Waals surface area contributed by atoms with E-state index in [9.17, 15) is 9.90 Å². The first kappa shape index (κ1) is 18.7. The third-order valence-electron chi connectivity index (χ3n) is 3.77. The molecule has 0 aliphatic carbocycles. The van der Waals surface area contributed by atoms with Crippen LogP contribution in [0.15, 0.2) is 66.3 Å². The van der Waals surface area contributed by atoms with Crippen molar-refractivity contribution in [2.75, 3.05) is 11.1 Å². The molecule has 1 heterocycles. The van der Waals surface area contributed by atoms with Gasteiger partial charge in [0.25, 0.3) is 0 Å². The molecular weight excluding hydrogens is 360 g/mol. The van der Waals surface area contributed by atoms with E-state index in [0.717, 1.165) is 17.0 Å². The van der Waals surface area contributed by atoms with Crippen LogP contribution in [0, 0.1) is 6.92 Å². The highest BCUT2D eigenvalue weighted by molar-refractivity contribution is 7.99. The Hall–Kier alpha value is -3.06. The van der Waals surface area contributed by atoms with Crippen LogP contribution in [0.5, 0.6) is 5.75 Å². The van der Waals surface area contributed by atoms with Gasteiger partial charge in [-0.05, 0) is 25.1 Å². The number of hydrogen-bond acceptors (Lipinski definition) is 5. The van der Waals surface area contributed by atoms with E-state index in [4.69, 9.17) is 0 Å². The second-order valence-electron chi connectivity index (χ2n) is 5.96. The molecule has 1 amide bonds. The summed E-state index contributed by atoms with van der Waals surface area (Å²) in [6, 6.07) is 14.5. The van der Waals surface area contributed by atoms with Gasteiger partial charge in [-0.25, -0.2) is 0 Å². The van der Waals surface area contributed by atoms with Crippen molar-refractivity contribution in [3.05, 3.63) is 66.7 Å². The molecular formula is C20H20N4O2S. The van der Waals surface area contributed by atoms with E-state index in [1.807, 2.05) is 35.8 Å². The molecule has 27 heavy (non-hydrogen) atoms. The first-order valence-electron chi connectivity index (χ1n) is 8.39. The summed E-state index contributed by atoms with van der Waals surface area (Å²) >= 11 is 1.31. The number of thioether (sulfide) groups is 1. The van der Waals surface area contributed by atoms with E-state index in [1.54, 1.807) is 24.3 Å². The van der Waals surface area contributed by atoms with Crippen LogP contribution in [0.2, 0.25) is 0 Å². The molecule has 0 bridgehead atoms. The number of aromatic nitrogens is 3. The van der Waals surface area contributed by atoms with Gasteiger partial charge in [0.15, 0.2) is 11.0 Å². The predicted molar refractivity (Wildman–Crippen MR) is 108 cm³/mol. The van der Waals surface area contributed by atoms with Gasteiger partial charge in [0.05, 0.1) is 5.75 Å². The molecule has 0 saturated heterocycles. The number of allylic oxidation sites excluding steroid dienone is 1. The van der Waals surface area contributed by atoms with Crippen LogP contribution in [0.3, 0.4) is 0 Å². The highest BCUT2D eigenvalue weighted by Crippen LogP contribution is 2.25. The lowest BCUT2D eigenvalue weighted by atomic mass is 10.1. The minimum absolute atomic E-state index is 0.106. The summed E-state index contributed by atoms with van der Waals surface area (Å²) in [4.78, 5) is 12.2.